The third-order valence-corrected chi connectivity index (χ3v) is 4.42. The van der Waals surface area contributed by atoms with Crippen LogP contribution in [0.1, 0.15) is 18.4 Å². The van der Waals surface area contributed by atoms with E-state index in [-0.39, 0.29) is 23.1 Å². The molecule has 2 aromatic carbocycles. The predicted molar refractivity (Wildman–Crippen MR) is 117 cm³/mol. The first-order valence-electron chi connectivity index (χ1n) is 9.17. The molecule has 5 N–H and O–H groups in total. The maximum atomic E-state index is 12.4. The number of aromatic nitrogens is 2. The Balaban J connectivity index is 1.94. The summed E-state index contributed by atoms with van der Waals surface area (Å²) in [5.41, 5.74) is 6.66. The van der Waals surface area contributed by atoms with Crippen LogP contribution >= 0.6 is 11.6 Å². The number of H-pyrrole nitrogens is 1. The van der Waals surface area contributed by atoms with Crippen LogP contribution < -0.4 is 21.9 Å². The molecule has 9 heteroatoms. The molecule has 0 saturated carbocycles. The van der Waals surface area contributed by atoms with Crippen LogP contribution in [0.3, 0.4) is 0 Å². The van der Waals surface area contributed by atoms with Gasteiger partial charge in [-0.1, -0.05) is 23.7 Å². The van der Waals surface area contributed by atoms with Gasteiger partial charge in [-0.25, -0.2) is 4.98 Å². The van der Waals surface area contributed by atoms with Gasteiger partial charge in [0.25, 0.3) is 5.56 Å². The van der Waals surface area contributed by atoms with Gasteiger partial charge in [0.2, 0.25) is 11.9 Å². The van der Waals surface area contributed by atoms with Crippen LogP contribution in [-0.4, -0.2) is 22.4 Å². The average Bonchev–Trinajstić information content (AvgIpc) is 2.74. The van der Waals surface area contributed by atoms with Crippen molar-refractivity contribution in [2.24, 2.45) is 5.73 Å². The van der Waals surface area contributed by atoms with Crippen molar-refractivity contribution < 1.29 is 4.79 Å². The Hall–Kier alpha value is -3.67. The quantitative estimate of drug-likeness (QED) is 0.460. The number of rotatable bonds is 7. The number of carbonyl (C=O) groups is 1. The highest BCUT2D eigenvalue weighted by Gasteiger charge is 2.14. The Kier molecular flexibility index (Phi) is 6.80. The van der Waals surface area contributed by atoms with E-state index in [1.807, 2.05) is 6.07 Å². The molecule has 1 aromatic heterocycles. The summed E-state index contributed by atoms with van der Waals surface area (Å²) in [6.07, 6.45) is 0.891. The summed E-state index contributed by atoms with van der Waals surface area (Å²) >= 11 is 5.89. The number of hydrogen-bond acceptors (Lipinski definition) is 6. The number of nitrogens with one attached hydrogen (secondary N) is 3. The lowest BCUT2D eigenvalue weighted by Gasteiger charge is -2.10. The lowest BCUT2D eigenvalue weighted by atomic mass is 10.1. The summed E-state index contributed by atoms with van der Waals surface area (Å²) in [5.74, 6) is 0.00998. The van der Waals surface area contributed by atoms with Crippen molar-refractivity contribution in [1.29, 1.82) is 5.26 Å². The summed E-state index contributed by atoms with van der Waals surface area (Å²) in [7, 11) is 0. The van der Waals surface area contributed by atoms with Gasteiger partial charge >= 0.3 is 0 Å². The number of nitrogens with zero attached hydrogens (tertiary/aromatic N) is 2. The van der Waals surface area contributed by atoms with Crippen molar-refractivity contribution in [1.82, 2.24) is 9.97 Å². The van der Waals surface area contributed by atoms with E-state index in [9.17, 15) is 14.9 Å². The standard InChI is InChI=1S/C21H19ClN6O2/c22-14-6-8-15(9-7-14)26-21-27-19(17(12-24)20(30)28-21)13-3-1-4-16(11-13)25-18(29)5-2-10-23/h1,3-4,6-9,11H,2,5,10,23H2,(H,25,29)(H2,26,27,28,30). The van der Waals surface area contributed by atoms with E-state index in [2.05, 4.69) is 20.6 Å². The number of carbonyl (C=O) groups excluding carboxylic acids is 1. The molecule has 152 valence electrons. The van der Waals surface area contributed by atoms with E-state index >= 15 is 0 Å². The fourth-order valence-electron chi connectivity index (χ4n) is 2.75. The van der Waals surface area contributed by atoms with Crippen LogP contribution in [0.25, 0.3) is 11.3 Å². The van der Waals surface area contributed by atoms with Gasteiger partial charge in [0.05, 0.1) is 5.69 Å². The van der Waals surface area contributed by atoms with E-state index in [0.717, 1.165) is 0 Å². The molecule has 3 rings (SSSR count). The molecule has 0 unspecified atom stereocenters. The molecule has 1 amide bonds. The Labute approximate surface area is 177 Å². The molecule has 0 atom stereocenters. The van der Waals surface area contributed by atoms with Crippen LogP contribution in [0.2, 0.25) is 5.02 Å². The molecular formula is C21H19ClN6O2. The van der Waals surface area contributed by atoms with Crippen LogP contribution in [0.5, 0.6) is 0 Å². The molecule has 0 spiro atoms. The first kappa shape index (κ1) is 21.0. The van der Waals surface area contributed by atoms with E-state index in [4.69, 9.17) is 17.3 Å². The van der Waals surface area contributed by atoms with Gasteiger partial charge in [0.1, 0.15) is 11.6 Å². The predicted octanol–water partition coefficient (Wildman–Crippen LogP) is 3.38. The second-order valence-corrected chi connectivity index (χ2v) is 6.84. The minimum absolute atomic E-state index is 0.122. The Morgan fingerprint density at radius 3 is 2.67 bits per heavy atom. The van der Waals surface area contributed by atoms with Gasteiger partial charge in [-0.05, 0) is 49.4 Å². The highest BCUT2D eigenvalue weighted by molar-refractivity contribution is 6.30. The zero-order chi connectivity index (χ0) is 21.5. The van der Waals surface area contributed by atoms with Crippen molar-refractivity contribution >= 4 is 34.8 Å². The molecule has 0 aliphatic heterocycles. The number of hydrogen-bond donors (Lipinski definition) is 4. The molecule has 0 saturated heterocycles. The number of benzene rings is 2. The average molecular weight is 423 g/mol. The topological polar surface area (TPSA) is 137 Å². The number of anilines is 3. The highest BCUT2D eigenvalue weighted by Crippen LogP contribution is 2.24. The Bertz CT molecular complexity index is 1150. The van der Waals surface area contributed by atoms with Gasteiger partial charge in [0, 0.05) is 28.4 Å². The number of halogens is 1. The van der Waals surface area contributed by atoms with Crippen LogP contribution in [0.15, 0.2) is 53.3 Å². The molecule has 8 nitrogen and oxygen atoms in total. The summed E-state index contributed by atoms with van der Waals surface area (Å²) < 4.78 is 0. The fraction of sp³-hybridized carbons (Fsp3) is 0.143. The van der Waals surface area contributed by atoms with E-state index < -0.39 is 5.56 Å². The number of aromatic amines is 1. The van der Waals surface area contributed by atoms with Gasteiger partial charge in [0.15, 0.2) is 0 Å². The lowest BCUT2D eigenvalue weighted by Crippen LogP contribution is -2.16. The number of nitriles is 1. The maximum Gasteiger partial charge on any atom is 0.270 e. The lowest BCUT2D eigenvalue weighted by molar-refractivity contribution is -0.116. The highest BCUT2D eigenvalue weighted by atomic mass is 35.5. The molecule has 0 aliphatic carbocycles. The smallest absolute Gasteiger partial charge is 0.270 e. The second-order valence-electron chi connectivity index (χ2n) is 6.40. The molecule has 0 bridgehead atoms. The summed E-state index contributed by atoms with van der Waals surface area (Å²) in [5, 5.41) is 15.8. The third-order valence-electron chi connectivity index (χ3n) is 4.17. The second kappa shape index (κ2) is 9.69. The van der Waals surface area contributed by atoms with Crippen LogP contribution in [0.4, 0.5) is 17.3 Å². The summed E-state index contributed by atoms with van der Waals surface area (Å²) in [6.45, 7) is 0.430. The molecule has 30 heavy (non-hydrogen) atoms. The third kappa shape index (κ3) is 5.23. The van der Waals surface area contributed by atoms with E-state index in [1.165, 1.54) is 0 Å². The van der Waals surface area contributed by atoms with Crippen LogP contribution in [0, 0.1) is 11.3 Å². The van der Waals surface area contributed by atoms with Crippen molar-refractivity contribution in [2.45, 2.75) is 12.8 Å². The van der Waals surface area contributed by atoms with Gasteiger partial charge in [-0.3, -0.25) is 14.6 Å². The van der Waals surface area contributed by atoms with Crippen molar-refractivity contribution in [3.8, 4) is 17.3 Å². The number of nitrogens with two attached hydrogens (primary N) is 1. The molecular weight excluding hydrogens is 404 g/mol. The molecule has 0 radical (unpaired) electrons. The summed E-state index contributed by atoms with van der Waals surface area (Å²) in [4.78, 5) is 31.4. The number of amides is 1. The molecule has 1 heterocycles. The monoisotopic (exact) mass is 422 g/mol. The molecule has 0 fully saturated rings. The maximum absolute atomic E-state index is 12.4. The van der Waals surface area contributed by atoms with Crippen LogP contribution in [-0.2, 0) is 4.79 Å². The minimum Gasteiger partial charge on any atom is -0.330 e. The van der Waals surface area contributed by atoms with E-state index in [0.29, 0.717) is 41.3 Å². The van der Waals surface area contributed by atoms with Gasteiger partial charge in [-0.15, -0.1) is 0 Å². The summed E-state index contributed by atoms with van der Waals surface area (Å²) in [6, 6.07) is 15.6. The normalized spacial score (nSPS) is 10.3. The molecule has 0 aliphatic rings. The Morgan fingerprint density at radius 2 is 1.97 bits per heavy atom. The Morgan fingerprint density at radius 1 is 1.20 bits per heavy atom. The van der Waals surface area contributed by atoms with Crippen molar-refractivity contribution in [3.05, 3.63) is 69.5 Å². The first-order chi connectivity index (χ1) is 14.5. The van der Waals surface area contributed by atoms with Crippen molar-refractivity contribution in [3.63, 3.8) is 0 Å². The largest absolute Gasteiger partial charge is 0.330 e. The first-order valence-corrected chi connectivity index (χ1v) is 9.55. The minimum atomic E-state index is -0.573. The SMILES string of the molecule is N#Cc1c(-c2cccc(NC(=O)CCCN)c2)nc(Nc2ccc(Cl)cc2)[nH]c1=O. The van der Waals surface area contributed by atoms with Gasteiger partial charge in [-0.2, -0.15) is 5.26 Å². The van der Waals surface area contributed by atoms with Crippen molar-refractivity contribution in [2.75, 3.05) is 17.2 Å². The van der Waals surface area contributed by atoms with E-state index in [1.54, 1.807) is 48.5 Å². The zero-order valence-electron chi connectivity index (χ0n) is 15.9. The molecule has 3 aromatic rings. The zero-order valence-corrected chi connectivity index (χ0v) is 16.7. The van der Waals surface area contributed by atoms with Gasteiger partial charge < -0.3 is 16.4 Å². The fourth-order valence-corrected chi connectivity index (χ4v) is 2.87.